The molecule has 8 heteroatoms. The van der Waals surface area contributed by atoms with Crippen LogP contribution in [0.5, 0.6) is 11.5 Å². The lowest BCUT2D eigenvalue weighted by Crippen LogP contribution is -2.50. The van der Waals surface area contributed by atoms with Gasteiger partial charge in [-0.3, -0.25) is 9.59 Å². The van der Waals surface area contributed by atoms with E-state index in [0.29, 0.717) is 41.8 Å². The number of ether oxygens (including phenoxy) is 2. The van der Waals surface area contributed by atoms with Crippen molar-refractivity contribution in [2.75, 3.05) is 20.3 Å². The molecule has 0 bridgehead atoms. The van der Waals surface area contributed by atoms with Crippen LogP contribution >= 0.6 is 23.2 Å². The first-order chi connectivity index (χ1) is 18.4. The van der Waals surface area contributed by atoms with Crippen molar-refractivity contribution < 1.29 is 19.1 Å². The summed E-state index contributed by atoms with van der Waals surface area (Å²) in [6.45, 7) is 3.12. The van der Waals surface area contributed by atoms with E-state index in [9.17, 15) is 9.59 Å². The zero-order valence-corrected chi connectivity index (χ0v) is 23.3. The van der Waals surface area contributed by atoms with E-state index in [-0.39, 0.29) is 24.8 Å². The van der Waals surface area contributed by atoms with E-state index in [1.165, 1.54) is 0 Å². The smallest absolute Gasteiger partial charge is 0.243 e. The number of nitrogens with one attached hydrogen (secondary N) is 1. The quantitative estimate of drug-likeness (QED) is 0.236. The Bertz CT molecular complexity index is 1170. The molecule has 6 nitrogen and oxygen atoms in total. The second-order valence-corrected chi connectivity index (χ2v) is 9.71. The van der Waals surface area contributed by atoms with Crippen LogP contribution in [0.25, 0.3) is 0 Å². The number of nitrogens with zero attached hydrogens (tertiary/aromatic N) is 1. The molecule has 0 aliphatic rings. The van der Waals surface area contributed by atoms with Gasteiger partial charge in [-0.05, 0) is 60.4 Å². The highest BCUT2D eigenvalue weighted by Gasteiger charge is 2.30. The van der Waals surface area contributed by atoms with Crippen molar-refractivity contribution >= 4 is 35.0 Å². The number of carbonyl (C=O) groups excluding carboxylic acids is 2. The first-order valence-electron chi connectivity index (χ1n) is 12.7. The maximum Gasteiger partial charge on any atom is 0.243 e. The molecular formula is C30H34Cl2N2O4. The van der Waals surface area contributed by atoms with E-state index in [0.717, 1.165) is 23.3 Å². The van der Waals surface area contributed by atoms with Gasteiger partial charge in [0.05, 0.1) is 23.8 Å². The number of carbonyl (C=O) groups is 2. The summed E-state index contributed by atoms with van der Waals surface area (Å²) < 4.78 is 11.0. The van der Waals surface area contributed by atoms with Crippen molar-refractivity contribution in [3.8, 4) is 11.5 Å². The molecule has 0 heterocycles. The lowest BCUT2D eigenvalue weighted by molar-refractivity contribution is -0.141. The van der Waals surface area contributed by atoms with E-state index in [1.807, 2.05) is 67.6 Å². The molecule has 3 rings (SSSR count). The molecule has 1 atom stereocenters. The summed E-state index contributed by atoms with van der Waals surface area (Å²) in [6, 6.07) is 21.6. The van der Waals surface area contributed by atoms with Crippen LogP contribution in [0, 0.1) is 0 Å². The molecule has 0 saturated carbocycles. The maximum atomic E-state index is 13.6. The lowest BCUT2D eigenvalue weighted by Gasteiger charge is -2.31. The molecule has 0 aromatic heterocycles. The molecule has 202 valence electrons. The highest BCUT2D eigenvalue weighted by molar-refractivity contribution is 6.42. The van der Waals surface area contributed by atoms with Gasteiger partial charge < -0.3 is 19.7 Å². The van der Waals surface area contributed by atoms with Gasteiger partial charge in [0.25, 0.3) is 0 Å². The Morgan fingerprint density at radius 3 is 2.29 bits per heavy atom. The summed E-state index contributed by atoms with van der Waals surface area (Å²) in [5.74, 6) is 1.13. The van der Waals surface area contributed by atoms with Gasteiger partial charge >= 0.3 is 0 Å². The van der Waals surface area contributed by atoms with Gasteiger partial charge in [0.2, 0.25) is 11.8 Å². The minimum absolute atomic E-state index is 0.137. The van der Waals surface area contributed by atoms with Crippen LogP contribution in [-0.2, 0) is 22.6 Å². The van der Waals surface area contributed by atoms with Crippen LogP contribution in [0.15, 0.2) is 72.8 Å². The van der Waals surface area contributed by atoms with Crippen LogP contribution in [0.3, 0.4) is 0 Å². The molecular weight excluding hydrogens is 523 g/mol. The fraction of sp³-hybridized carbons (Fsp3) is 0.333. The van der Waals surface area contributed by atoms with Gasteiger partial charge in [-0.1, -0.05) is 66.5 Å². The van der Waals surface area contributed by atoms with Gasteiger partial charge in [0.15, 0.2) is 0 Å². The summed E-state index contributed by atoms with van der Waals surface area (Å²) in [6.07, 6.45) is 1.92. The van der Waals surface area contributed by atoms with Crippen molar-refractivity contribution in [2.24, 2.45) is 0 Å². The molecule has 38 heavy (non-hydrogen) atoms. The van der Waals surface area contributed by atoms with Crippen molar-refractivity contribution in [1.29, 1.82) is 0 Å². The Morgan fingerprint density at radius 1 is 0.921 bits per heavy atom. The highest BCUT2D eigenvalue weighted by atomic mass is 35.5. The third-order valence-corrected chi connectivity index (χ3v) is 6.76. The fourth-order valence-corrected chi connectivity index (χ4v) is 4.30. The summed E-state index contributed by atoms with van der Waals surface area (Å²) in [4.78, 5) is 28.6. The first-order valence-corrected chi connectivity index (χ1v) is 13.5. The van der Waals surface area contributed by atoms with Crippen molar-refractivity contribution in [2.45, 2.75) is 45.2 Å². The van der Waals surface area contributed by atoms with Crippen LogP contribution in [0.1, 0.15) is 37.3 Å². The third kappa shape index (κ3) is 8.96. The Kier molecular flexibility index (Phi) is 11.8. The number of benzene rings is 3. The number of methoxy groups -OCH3 is 1. The summed E-state index contributed by atoms with van der Waals surface area (Å²) in [5, 5.41) is 3.82. The second kappa shape index (κ2) is 15.3. The molecule has 2 amide bonds. The molecule has 3 aromatic rings. The Hall–Kier alpha value is -3.22. The zero-order chi connectivity index (χ0) is 27.3. The van der Waals surface area contributed by atoms with Crippen LogP contribution in [-0.4, -0.2) is 43.0 Å². The molecule has 0 unspecified atom stereocenters. The number of halogens is 2. The van der Waals surface area contributed by atoms with E-state index in [2.05, 4.69) is 5.32 Å². The van der Waals surface area contributed by atoms with Crippen molar-refractivity contribution in [3.05, 3.63) is 94.0 Å². The number of amides is 2. The molecule has 0 aliphatic heterocycles. The number of hydrogen-bond acceptors (Lipinski definition) is 4. The molecule has 0 saturated heterocycles. The minimum atomic E-state index is -0.687. The minimum Gasteiger partial charge on any atom is -0.497 e. The topological polar surface area (TPSA) is 67.9 Å². The molecule has 0 aliphatic carbocycles. The van der Waals surface area contributed by atoms with Crippen molar-refractivity contribution in [3.63, 3.8) is 0 Å². The van der Waals surface area contributed by atoms with Crippen LogP contribution in [0.2, 0.25) is 10.0 Å². The van der Waals surface area contributed by atoms with E-state index >= 15 is 0 Å². The zero-order valence-electron chi connectivity index (χ0n) is 21.8. The monoisotopic (exact) mass is 556 g/mol. The summed E-state index contributed by atoms with van der Waals surface area (Å²) in [5.41, 5.74) is 1.77. The van der Waals surface area contributed by atoms with Gasteiger partial charge in [-0.2, -0.15) is 0 Å². The average Bonchev–Trinajstić information content (AvgIpc) is 2.94. The second-order valence-electron chi connectivity index (χ2n) is 8.89. The third-order valence-electron chi connectivity index (χ3n) is 6.02. The Morgan fingerprint density at radius 2 is 1.63 bits per heavy atom. The molecule has 1 N–H and O–H groups in total. The molecule has 0 fully saturated rings. The van der Waals surface area contributed by atoms with Gasteiger partial charge in [0, 0.05) is 25.9 Å². The van der Waals surface area contributed by atoms with E-state index < -0.39 is 6.04 Å². The van der Waals surface area contributed by atoms with Crippen LogP contribution in [0.4, 0.5) is 0 Å². The van der Waals surface area contributed by atoms with Crippen molar-refractivity contribution in [1.82, 2.24) is 10.2 Å². The van der Waals surface area contributed by atoms with Gasteiger partial charge in [0.1, 0.15) is 17.5 Å². The molecule has 0 radical (unpaired) electrons. The largest absolute Gasteiger partial charge is 0.497 e. The first kappa shape index (κ1) is 29.3. The van der Waals surface area contributed by atoms with E-state index in [1.54, 1.807) is 24.1 Å². The van der Waals surface area contributed by atoms with E-state index in [4.69, 9.17) is 32.7 Å². The molecule has 3 aromatic carbocycles. The highest BCUT2D eigenvalue weighted by Crippen LogP contribution is 2.25. The number of hydrogen-bond donors (Lipinski definition) is 1. The van der Waals surface area contributed by atoms with Gasteiger partial charge in [-0.15, -0.1) is 0 Å². The lowest BCUT2D eigenvalue weighted by atomic mass is 10.0. The maximum absolute atomic E-state index is 13.6. The SMILES string of the molecule is CCCNC(=O)[C@H](Cc1ccccc1)N(Cc1ccc(Cl)c(Cl)c1)C(=O)CCCOc1ccc(OC)cc1. The average molecular weight is 558 g/mol. The number of rotatable bonds is 14. The summed E-state index contributed by atoms with van der Waals surface area (Å²) >= 11 is 12.4. The summed E-state index contributed by atoms with van der Waals surface area (Å²) in [7, 11) is 1.61. The standard InChI is InChI=1S/C30H34Cl2N2O4/c1-3-17-33-30(36)28(20-22-8-5-4-6-9-22)34(21-23-11-16-26(31)27(32)19-23)29(35)10-7-18-38-25-14-12-24(37-2)13-15-25/h4-6,8-9,11-16,19,28H,3,7,10,17-18,20-21H2,1-2H3,(H,33,36)/t28-/m0/s1. The van der Waals surface area contributed by atoms with Gasteiger partial charge in [-0.25, -0.2) is 0 Å². The fourth-order valence-electron chi connectivity index (χ4n) is 3.98. The predicted octanol–water partition coefficient (Wildman–Crippen LogP) is 6.33. The van der Waals surface area contributed by atoms with Crippen LogP contribution < -0.4 is 14.8 Å². The Balaban J connectivity index is 1.77. The normalized spacial score (nSPS) is 11.5. The predicted molar refractivity (Wildman–Crippen MR) is 152 cm³/mol. The molecule has 0 spiro atoms. The Labute approximate surface area is 234 Å².